The first-order chi connectivity index (χ1) is 24.3. The van der Waals surface area contributed by atoms with E-state index in [1.165, 1.54) is 66.8 Å². The van der Waals surface area contributed by atoms with Gasteiger partial charge in [-0.1, -0.05) is 164 Å². The number of rotatable bonds is 6. The van der Waals surface area contributed by atoms with Gasteiger partial charge in [0.05, 0.1) is 11.1 Å². The van der Waals surface area contributed by atoms with Crippen LogP contribution in [-0.4, -0.2) is 4.98 Å². The number of pyridine rings is 1. The molecule has 0 fully saturated rings. The first-order valence-corrected chi connectivity index (χ1v) is 16.9. The van der Waals surface area contributed by atoms with E-state index in [0.29, 0.717) is 0 Å². The van der Waals surface area contributed by atoms with Crippen LogP contribution in [0.3, 0.4) is 0 Å². The van der Waals surface area contributed by atoms with E-state index in [2.05, 4.69) is 187 Å². The summed E-state index contributed by atoms with van der Waals surface area (Å²) in [6.07, 6.45) is 1.84. The lowest BCUT2D eigenvalue weighted by Crippen LogP contribution is -2.28. The van der Waals surface area contributed by atoms with Crippen LogP contribution in [0.4, 0.5) is 0 Å². The first kappa shape index (κ1) is 28.9. The maximum Gasteiger partial charge on any atom is 0.0713 e. The molecule has 1 aliphatic rings. The number of nitrogens with zero attached hydrogens (tertiary/aromatic N) is 1. The Kier molecular flexibility index (Phi) is 7.10. The van der Waals surface area contributed by atoms with Gasteiger partial charge in [-0.05, 0) is 97.1 Å². The zero-order chi connectivity index (χ0) is 32.6. The van der Waals surface area contributed by atoms with Crippen molar-refractivity contribution < 1.29 is 0 Å². The van der Waals surface area contributed by atoms with Crippen molar-refractivity contribution in [1.29, 1.82) is 0 Å². The summed E-state index contributed by atoms with van der Waals surface area (Å²) in [5.41, 5.74) is 16.7. The molecule has 1 aromatic heterocycles. The van der Waals surface area contributed by atoms with E-state index in [1.807, 2.05) is 18.3 Å². The molecule has 7 aromatic carbocycles. The van der Waals surface area contributed by atoms with Gasteiger partial charge >= 0.3 is 0 Å². The monoisotopic (exact) mass is 623 g/mol. The molecule has 230 valence electrons. The molecule has 0 saturated heterocycles. The first-order valence-electron chi connectivity index (χ1n) is 16.9. The smallest absolute Gasteiger partial charge is 0.0713 e. The number of fused-ring (bicyclic) bond motifs is 3. The molecular formula is C48H33N. The third kappa shape index (κ3) is 4.91. The predicted molar refractivity (Wildman–Crippen MR) is 203 cm³/mol. The normalized spacial score (nSPS) is 12.7. The van der Waals surface area contributed by atoms with Gasteiger partial charge in [-0.2, -0.15) is 0 Å². The Labute approximate surface area is 287 Å². The molecular weight excluding hydrogens is 591 g/mol. The van der Waals surface area contributed by atoms with Gasteiger partial charge in [-0.25, -0.2) is 0 Å². The highest BCUT2D eigenvalue weighted by Crippen LogP contribution is 2.56. The van der Waals surface area contributed by atoms with Crippen LogP contribution in [0, 0.1) is 0 Å². The minimum Gasteiger partial charge on any atom is -0.256 e. The largest absolute Gasteiger partial charge is 0.256 e. The Bertz CT molecular complexity index is 2380. The second-order valence-corrected chi connectivity index (χ2v) is 12.7. The fourth-order valence-electron chi connectivity index (χ4n) is 7.77. The molecule has 49 heavy (non-hydrogen) atoms. The lowest BCUT2D eigenvalue weighted by Gasteiger charge is -2.34. The second-order valence-electron chi connectivity index (χ2n) is 12.7. The SMILES string of the molecule is c1ccc(C2(c3ccc(-c4cccc(-c5cccc(-c6cccc(-c7ccccn7)c6)c5)c4)cc3)c3ccccc3-c3ccccc32)cc1. The zero-order valence-corrected chi connectivity index (χ0v) is 27.0. The van der Waals surface area contributed by atoms with Gasteiger partial charge in [0.25, 0.3) is 0 Å². The third-order valence-electron chi connectivity index (χ3n) is 10.0. The van der Waals surface area contributed by atoms with Crippen molar-refractivity contribution in [3.05, 3.63) is 223 Å². The Hall–Kier alpha value is -6.31. The van der Waals surface area contributed by atoms with Crippen molar-refractivity contribution in [2.24, 2.45) is 0 Å². The summed E-state index contributed by atoms with van der Waals surface area (Å²) >= 11 is 0. The average Bonchev–Trinajstić information content (AvgIpc) is 3.50. The predicted octanol–water partition coefficient (Wildman–Crippen LogP) is 12.1. The highest BCUT2D eigenvalue weighted by molar-refractivity contribution is 5.86. The molecule has 0 bridgehead atoms. The van der Waals surface area contributed by atoms with E-state index in [9.17, 15) is 0 Å². The molecule has 0 amide bonds. The quantitative estimate of drug-likeness (QED) is 0.180. The molecule has 0 aliphatic heterocycles. The second kappa shape index (κ2) is 12.0. The Balaban J connectivity index is 1.09. The topological polar surface area (TPSA) is 12.9 Å². The fourth-order valence-corrected chi connectivity index (χ4v) is 7.77. The van der Waals surface area contributed by atoms with Gasteiger partial charge in [-0.3, -0.25) is 4.98 Å². The lowest BCUT2D eigenvalue weighted by atomic mass is 9.67. The van der Waals surface area contributed by atoms with Crippen LogP contribution in [-0.2, 0) is 5.41 Å². The van der Waals surface area contributed by atoms with Gasteiger partial charge in [0.2, 0.25) is 0 Å². The average molecular weight is 624 g/mol. The van der Waals surface area contributed by atoms with Gasteiger partial charge in [0, 0.05) is 11.8 Å². The number of aromatic nitrogens is 1. The van der Waals surface area contributed by atoms with Crippen molar-refractivity contribution in [1.82, 2.24) is 4.98 Å². The Morgan fingerprint density at radius 1 is 0.306 bits per heavy atom. The molecule has 8 aromatic rings. The van der Waals surface area contributed by atoms with Gasteiger partial charge in [0.1, 0.15) is 0 Å². The van der Waals surface area contributed by atoms with Gasteiger partial charge in [0.15, 0.2) is 0 Å². The maximum absolute atomic E-state index is 4.55. The molecule has 1 heteroatoms. The summed E-state index contributed by atoms with van der Waals surface area (Å²) < 4.78 is 0. The van der Waals surface area contributed by atoms with Crippen molar-refractivity contribution in [3.63, 3.8) is 0 Å². The highest BCUT2D eigenvalue weighted by atomic mass is 14.7. The highest BCUT2D eigenvalue weighted by Gasteiger charge is 2.45. The molecule has 0 unspecified atom stereocenters. The van der Waals surface area contributed by atoms with Crippen LogP contribution in [0.25, 0.3) is 55.8 Å². The Morgan fingerprint density at radius 3 is 1.31 bits per heavy atom. The van der Waals surface area contributed by atoms with Crippen LogP contribution in [0.1, 0.15) is 22.3 Å². The Morgan fingerprint density at radius 2 is 0.755 bits per heavy atom. The maximum atomic E-state index is 4.55. The van der Waals surface area contributed by atoms with Gasteiger partial charge in [-0.15, -0.1) is 0 Å². The zero-order valence-electron chi connectivity index (χ0n) is 27.0. The number of hydrogen-bond acceptors (Lipinski definition) is 1. The molecule has 1 nitrogen and oxygen atoms in total. The van der Waals surface area contributed by atoms with Gasteiger partial charge < -0.3 is 0 Å². The summed E-state index contributed by atoms with van der Waals surface area (Å²) in [6, 6.07) is 70.5. The lowest BCUT2D eigenvalue weighted by molar-refractivity contribution is 0.768. The molecule has 1 aliphatic carbocycles. The molecule has 1 heterocycles. The van der Waals surface area contributed by atoms with E-state index in [1.54, 1.807) is 0 Å². The van der Waals surface area contributed by atoms with Crippen LogP contribution >= 0.6 is 0 Å². The summed E-state index contributed by atoms with van der Waals surface area (Å²) in [6.45, 7) is 0. The third-order valence-corrected chi connectivity index (χ3v) is 10.0. The molecule has 0 saturated carbocycles. The van der Waals surface area contributed by atoms with E-state index in [0.717, 1.165) is 11.3 Å². The number of hydrogen-bond donors (Lipinski definition) is 0. The van der Waals surface area contributed by atoms with E-state index in [4.69, 9.17) is 0 Å². The van der Waals surface area contributed by atoms with Crippen molar-refractivity contribution in [2.75, 3.05) is 0 Å². The van der Waals surface area contributed by atoms with Crippen molar-refractivity contribution in [2.45, 2.75) is 5.41 Å². The van der Waals surface area contributed by atoms with Crippen molar-refractivity contribution in [3.8, 4) is 55.8 Å². The van der Waals surface area contributed by atoms with Crippen molar-refractivity contribution >= 4 is 0 Å². The minimum absolute atomic E-state index is 0.386. The van der Waals surface area contributed by atoms with Crippen LogP contribution in [0.15, 0.2) is 200 Å². The summed E-state index contributed by atoms with van der Waals surface area (Å²) in [7, 11) is 0. The number of benzene rings is 7. The van der Waals surface area contributed by atoms with E-state index < -0.39 is 0 Å². The minimum atomic E-state index is -0.386. The molecule has 0 atom stereocenters. The van der Waals surface area contributed by atoms with E-state index in [-0.39, 0.29) is 5.41 Å². The van der Waals surface area contributed by atoms with Crippen LogP contribution in [0.2, 0.25) is 0 Å². The summed E-state index contributed by atoms with van der Waals surface area (Å²) in [5, 5.41) is 0. The van der Waals surface area contributed by atoms with E-state index >= 15 is 0 Å². The fraction of sp³-hybridized carbons (Fsp3) is 0.0208. The molecule has 9 rings (SSSR count). The van der Waals surface area contributed by atoms with Crippen LogP contribution < -0.4 is 0 Å². The standard InChI is InChI=1S/C48H33N/c1-2-19-41(20-3-1)48(45-23-6-4-21-43(45)44-22-5-7-24-46(44)48)42-28-26-34(27-29-42)35-13-10-14-36(31-35)37-15-11-16-38(32-37)39-17-12-18-40(33-39)47-25-8-9-30-49-47/h1-33H. The summed E-state index contributed by atoms with van der Waals surface area (Å²) in [5.74, 6) is 0. The molecule has 0 N–H and O–H groups in total. The molecule has 0 spiro atoms. The summed E-state index contributed by atoms with van der Waals surface area (Å²) in [4.78, 5) is 4.55. The van der Waals surface area contributed by atoms with Crippen LogP contribution in [0.5, 0.6) is 0 Å². The molecule has 0 radical (unpaired) electrons.